The fraction of sp³-hybridized carbons (Fsp3) is 0.357. The maximum Gasteiger partial charge on any atom is 0.119 e. The average Bonchev–Trinajstić information content (AvgIpc) is 2.80. The lowest BCUT2D eigenvalue weighted by Gasteiger charge is -2.15. The molecular weight excluding hydrogens is 262 g/mol. The Morgan fingerprint density at radius 1 is 1.42 bits per heavy atom. The van der Waals surface area contributed by atoms with Crippen LogP contribution in [0.15, 0.2) is 30.5 Å². The van der Waals surface area contributed by atoms with Gasteiger partial charge < -0.3 is 10.5 Å². The molecule has 2 rings (SSSR count). The molecule has 1 heterocycles. The normalized spacial score (nSPS) is 12.4. The third-order valence-corrected chi connectivity index (χ3v) is 3.25. The van der Waals surface area contributed by atoms with Gasteiger partial charge in [0.1, 0.15) is 5.75 Å². The molecule has 1 aromatic heterocycles. The average molecular weight is 280 g/mol. The predicted octanol–water partition coefficient (Wildman–Crippen LogP) is 3.00. The van der Waals surface area contributed by atoms with Crippen LogP contribution >= 0.6 is 11.6 Å². The Balaban J connectivity index is 2.35. The van der Waals surface area contributed by atoms with E-state index in [1.165, 1.54) is 0 Å². The van der Waals surface area contributed by atoms with E-state index in [2.05, 4.69) is 5.10 Å². The quantitative estimate of drug-likeness (QED) is 0.915. The van der Waals surface area contributed by atoms with Gasteiger partial charge >= 0.3 is 0 Å². The van der Waals surface area contributed by atoms with Crippen molar-refractivity contribution in [2.75, 3.05) is 6.61 Å². The SMILES string of the molecule is CCOc1cccc(C(N)c2c(Cl)cnn2CC)c1. The van der Waals surface area contributed by atoms with E-state index in [4.69, 9.17) is 22.1 Å². The number of rotatable bonds is 5. The molecule has 0 aliphatic heterocycles. The first-order valence-electron chi connectivity index (χ1n) is 6.36. The van der Waals surface area contributed by atoms with Crippen LogP contribution in [0.1, 0.15) is 31.1 Å². The Bertz CT molecular complexity index is 553. The van der Waals surface area contributed by atoms with Gasteiger partial charge in [-0.25, -0.2) is 0 Å². The molecule has 1 atom stereocenters. The van der Waals surface area contributed by atoms with Gasteiger partial charge in [-0.05, 0) is 31.5 Å². The number of halogens is 1. The Kier molecular flexibility index (Phi) is 4.45. The van der Waals surface area contributed by atoms with Crippen LogP contribution in [0.3, 0.4) is 0 Å². The Morgan fingerprint density at radius 2 is 2.21 bits per heavy atom. The fourth-order valence-corrected chi connectivity index (χ4v) is 2.31. The van der Waals surface area contributed by atoms with Gasteiger partial charge in [0.15, 0.2) is 0 Å². The zero-order valence-corrected chi connectivity index (χ0v) is 11.9. The third-order valence-electron chi connectivity index (χ3n) is 2.96. The highest BCUT2D eigenvalue weighted by molar-refractivity contribution is 6.31. The minimum atomic E-state index is -0.310. The predicted molar refractivity (Wildman–Crippen MR) is 76.6 cm³/mol. The molecule has 4 nitrogen and oxygen atoms in total. The molecule has 0 aliphatic rings. The van der Waals surface area contributed by atoms with Gasteiger partial charge in [0.2, 0.25) is 0 Å². The topological polar surface area (TPSA) is 53.1 Å². The lowest BCUT2D eigenvalue weighted by atomic mass is 10.0. The van der Waals surface area contributed by atoms with Gasteiger partial charge in [-0.2, -0.15) is 5.10 Å². The second-order valence-electron chi connectivity index (χ2n) is 4.18. The first kappa shape index (κ1) is 13.9. The highest BCUT2D eigenvalue weighted by Gasteiger charge is 2.18. The molecule has 5 heteroatoms. The van der Waals surface area contributed by atoms with E-state index in [0.29, 0.717) is 11.6 Å². The van der Waals surface area contributed by atoms with Crippen molar-refractivity contribution in [1.29, 1.82) is 0 Å². The molecule has 0 amide bonds. The van der Waals surface area contributed by atoms with Crippen LogP contribution in [0.4, 0.5) is 0 Å². The number of nitrogens with two attached hydrogens (primary N) is 1. The van der Waals surface area contributed by atoms with Crippen LogP contribution in [-0.2, 0) is 6.54 Å². The van der Waals surface area contributed by atoms with Gasteiger partial charge in [-0.15, -0.1) is 0 Å². The highest BCUT2D eigenvalue weighted by atomic mass is 35.5. The Hall–Kier alpha value is -1.52. The number of ether oxygens (including phenoxy) is 1. The van der Waals surface area contributed by atoms with Crippen molar-refractivity contribution in [2.45, 2.75) is 26.4 Å². The molecule has 0 fully saturated rings. The van der Waals surface area contributed by atoms with E-state index in [1.54, 1.807) is 6.20 Å². The minimum Gasteiger partial charge on any atom is -0.494 e. The van der Waals surface area contributed by atoms with E-state index < -0.39 is 0 Å². The van der Waals surface area contributed by atoms with Crippen molar-refractivity contribution >= 4 is 11.6 Å². The second kappa shape index (κ2) is 6.08. The number of benzene rings is 1. The Morgan fingerprint density at radius 3 is 2.89 bits per heavy atom. The van der Waals surface area contributed by atoms with E-state index in [1.807, 2.05) is 42.8 Å². The molecular formula is C14H18ClN3O. The first-order chi connectivity index (χ1) is 9.17. The highest BCUT2D eigenvalue weighted by Crippen LogP contribution is 2.28. The van der Waals surface area contributed by atoms with Crippen LogP contribution in [0.2, 0.25) is 5.02 Å². The smallest absolute Gasteiger partial charge is 0.119 e. The van der Waals surface area contributed by atoms with Crippen molar-refractivity contribution in [3.05, 3.63) is 46.7 Å². The Labute approximate surface area is 118 Å². The molecule has 19 heavy (non-hydrogen) atoms. The number of nitrogens with zero attached hydrogens (tertiary/aromatic N) is 2. The molecule has 0 spiro atoms. The lowest BCUT2D eigenvalue weighted by molar-refractivity contribution is 0.339. The maximum absolute atomic E-state index is 6.30. The van der Waals surface area contributed by atoms with Crippen LogP contribution in [-0.4, -0.2) is 16.4 Å². The van der Waals surface area contributed by atoms with Gasteiger partial charge in [0.05, 0.1) is 29.6 Å². The molecule has 0 saturated carbocycles. The van der Waals surface area contributed by atoms with Crippen LogP contribution in [0, 0.1) is 0 Å². The summed E-state index contributed by atoms with van der Waals surface area (Å²) in [6, 6.07) is 7.45. The van der Waals surface area contributed by atoms with Crippen molar-refractivity contribution in [1.82, 2.24) is 9.78 Å². The van der Waals surface area contributed by atoms with Crippen molar-refractivity contribution in [3.8, 4) is 5.75 Å². The summed E-state index contributed by atoms with van der Waals surface area (Å²) < 4.78 is 7.31. The van der Waals surface area contributed by atoms with E-state index >= 15 is 0 Å². The number of hydrogen-bond donors (Lipinski definition) is 1. The summed E-state index contributed by atoms with van der Waals surface area (Å²) in [5.74, 6) is 0.814. The summed E-state index contributed by atoms with van der Waals surface area (Å²) in [5.41, 5.74) is 8.09. The monoisotopic (exact) mass is 279 g/mol. The molecule has 1 aromatic carbocycles. The summed E-state index contributed by atoms with van der Waals surface area (Å²) in [6.45, 7) is 5.33. The van der Waals surface area contributed by atoms with Crippen molar-refractivity contribution < 1.29 is 4.74 Å². The van der Waals surface area contributed by atoms with Gasteiger partial charge in [0.25, 0.3) is 0 Å². The fourth-order valence-electron chi connectivity index (χ4n) is 2.06. The van der Waals surface area contributed by atoms with Gasteiger partial charge in [0, 0.05) is 6.54 Å². The van der Waals surface area contributed by atoms with Crippen molar-refractivity contribution in [3.63, 3.8) is 0 Å². The standard InChI is InChI=1S/C14H18ClN3O/c1-3-18-14(12(15)9-17-18)13(16)10-6-5-7-11(8-10)19-4-2/h5-9,13H,3-4,16H2,1-2H3. The van der Waals surface area contributed by atoms with Crippen LogP contribution < -0.4 is 10.5 Å². The minimum absolute atomic E-state index is 0.310. The van der Waals surface area contributed by atoms with E-state index in [9.17, 15) is 0 Å². The summed E-state index contributed by atoms with van der Waals surface area (Å²) in [6.07, 6.45) is 1.63. The van der Waals surface area contributed by atoms with Gasteiger partial charge in [-0.1, -0.05) is 23.7 Å². The molecule has 102 valence electrons. The molecule has 0 radical (unpaired) electrons. The number of hydrogen-bond acceptors (Lipinski definition) is 3. The van der Waals surface area contributed by atoms with E-state index in [0.717, 1.165) is 23.6 Å². The molecule has 0 saturated heterocycles. The van der Waals surface area contributed by atoms with Crippen molar-refractivity contribution in [2.24, 2.45) is 5.73 Å². The zero-order chi connectivity index (χ0) is 13.8. The first-order valence-corrected chi connectivity index (χ1v) is 6.74. The second-order valence-corrected chi connectivity index (χ2v) is 4.58. The summed E-state index contributed by atoms with van der Waals surface area (Å²) in [5, 5.41) is 4.81. The van der Waals surface area contributed by atoms with E-state index in [-0.39, 0.29) is 6.04 Å². The molecule has 1 unspecified atom stereocenters. The number of aryl methyl sites for hydroxylation is 1. The van der Waals surface area contributed by atoms with Crippen LogP contribution in [0.5, 0.6) is 5.75 Å². The molecule has 2 aromatic rings. The lowest BCUT2D eigenvalue weighted by Crippen LogP contribution is -2.17. The third kappa shape index (κ3) is 2.91. The number of aromatic nitrogens is 2. The van der Waals surface area contributed by atoms with Crippen LogP contribution in [0.25, 0.3) is 0 Å². The van der Waals surface area contributed by atoms with Gasteiger partial charge in [-0.3, -0.25) is 4.68 Å². The largest absolute Gasteiger partial charge is 0.494 e. The molecule has 0 bridgehead atoms. The zero-order valence-electron chi connectivity index (χ0n) is 11.1. The molecule has 0 aliphatic carbocycles. The summed E-state index contributed by atoms with van der Waals surface area (Å²) in [7, 11) is 0. The molecule has 2 N–H and O–H groups in total. The maximum atomic E-state index is 6.30. The summed E-state index contributed by atoms with van der Waals surface area (Å²) in [4.78, 5) is 0. The summed E-state index contributed by atoms with van der Waals surface area (Å²) >= 11 is 6.17.